The molecule has 4 nitrogen and oxygen atoms in total. The quantitative estimate of drug-likeness (QED) is 0.698. The van der Waals surface area contributed by atoms with Crippen LogP contribution in [0.2, 0.25) is 0 Å². The second kappa shape index (κ2) is 6.42. The van der Waals surface area contributed by atoms with Crippen LogP contribution in [0.4, 0.5) is 4.79 Å². The van der Waals surface area contributed by atoms with Crippen molar-refractivity contribution in [1.29, 1.82) is 0 Å². The Hall–Kier alpha value is -1.03. The SMILES string of the molecule is C=CCC(C)(C)COC(=O)NC(C)(C)CC(C)(C)N. The monoisotopic (exact) mass is 270 g/mol. The number of alkyl carbamates (subject to hydrolysis) is 1. The van der Waals surface area contributed by atoms with E-state index in [9.17, 15) is 4.79 Å². The van der Waals surface area contributed by atoms with Gasteiger partial charge in [-0.1, -0.05) is 19.9 Å². The van der Waals surface area contributed by atoms with Gasteiger partial charge < -0.3 is 15.8 Å². The highest BCUT2D eigenvalue weighted by molar-refractivity contribution is 5.68. The summed E-state index contributed by atoms with van der Waals surface area (Å²) in [6.45, 7) is 15.9. The normalized spacial score (nSPS) is 13.0. The van der Waals surface area contributed by atoms with E-state index >= 15 is 0 Å². The van der Waals surface area contributed by atoms with Crippen LogP contribution < -0.4 is 11.1 Å². The van der Waals surface area contributed by atoms with Gasteiger partial charge in [0.05, 0.1) is 6.61 Å². The van der Waals surface area contributed by atoms with Crippen LogP contribution >= 0.6 is 0 Å². The minimum Gasteiger partial charge on any atom is -0.449 e. The molecule has 0 aliphatic heterocycles. The lowest BCUT2D eigenvalue weighted by Crippen LogP contribution is -2.51. The Kier molecular flexibility index (Phi) is 6.07. The van der Waals surface area contributed by atoms with Crippen LogP contribution in [0.3, 0.4) is 0 Å². The van der Waals surface area contributed by atoms with Gasteiger partial charge in [-0.05, 0) is 40.5 Å². The van der Waals surface area contributed by atoms with Gasteiger partial charge in [-0.3, -0.25) is 0 Å². The molecule has 4 heteroatoms. The lowest BCUT2D eigenvalue weighted by Gasteiger charge is -2.33. The van der Waals surface area contributed by atoms with Crippen LogP contribution in [0, 0.1) is 5.41 Å². The molecule has 0 saturated heterocycles. The topological polar surface area (TPSA) is 64.3 Å². The maximum atomic E-state index is 11.8. The summed E-state index contributed by atoms with van der Waals surface area (Å²) in [7, 11) is 0. The van der Waals surface area contributed by atoms with Gasteiger partial charge in [0, 0.05) is 16.5 Å². The van der Waals surface area contributed by atoms with Crippen LogP contribution in [-0.4, -0.2) is 23.8 Å². The molecule has 0 aromatic heterocycles. The van der Waals surface area contributed by atoms with Gasteiger partial charge in [-0.2, -0.15) is 0 Å². The zero-order chi connectivity index (χ0) is 15.3. The molecule has 0 aliphatic rings. The van der Waals surface area contributed by atoms with E-state index < -0.39 is 11.6 Å². The molecule has 112 valence electrons. The molecular formula is C15H30N2O2. The first kappa shape index (κ1) is 18.0. The fraction of sp³-hybridized carbons (Fsp3) is 0.800. The van der Waals surface area contributed by atoms with Crippen molar-refractivity contribution in [2.75, 3.05) is 6.61 Å². The van der Waals surface area contributed by atoms with Crippen molar-refractivity contribution in [1.82, 2.24) is 5.32 Å². The Bertz CT molecular complexity index is 315. The van der Waals surface area contributed by atoms with Crippen LogP contribution in [0.1, 0.15) is 54.4 Å². The molecule has 0 bridgehead atoms. The van der Waals surface area contributed by atoms with Gasteiger partial charge in [-0.25, -0.2) is 4.79 Å². The number of hydrogen-bond acceptors (Lipinski definition) is 3. The summed E-state index contributed by atoms with van der Waals surface area (Å²) >= 11 is 0. The standard InChI is InChI=1S/C15H30N2O2/c1-8-9-13(2,3)11-19-12(18)17-15(6,7)10-14(4,5)16/h8H,1,9-11,16H2,2-7H3,(H,17,18). The molecule has 0 saturated carbocycles. The van der Waals surface area contributed by atoms with E-state index in [-0.39, 0.29) is 11.0 Å². The van der Waals surface area contributed by atoms with Gasteiger partial charge >= 0.3 is 6.09 Å². The number of rotatable bonds is 7. The predicted octanol–water partition coefficient (Wildman–Crippen LogP) is 3.22. The molecule has 0 atom stereocenters. The second-order valence-corrected chi connectivity index (χ2v) is 7.41. The van der Waals surface area contributed by atoms with Crippen molar-refractivity contribution in [3.8, 4) is 0 Å². The Morgan fingerprint density at radius 2 is 1.79 bits per heavy atom. The molecule has 0 rings (SSSR count). The Labute approximate surface area is 117 Å². The molecule has 3 N–H and O–H groups in total. The minimum absolute atomic E-state index is 0.0869. The third-order valence-corrected chi connectivity index (χ3v) is 2.63. The lowest BCUT2D eigenvalue weighted by atomic mass is 9.88. The average molecular weight is 270 g/mol. The Morgan fingerprint density at radius 1 is 1.26 bits per heavy atom. The fourth-order valence-electron chi connectivity index (χ4n) is 2.21. The number of carbonyl (C=O) groups is 1. The number of nitrogens with one attached hydrogen (secondary N) is 1. The first-order chi connectivity index (χ1) is 8.37. The maximum absolute atomic E-state index is 11.8. The summed E-state index contributed by atoms with van der Waals surface area (Å²) < 4.78 is 5.27. The summed E-state index contributed by atoms with van der Waals surface area (Å²) in [4.78, 5) is 11.8. The summed E-state index contributed by atoms with van der Waals surface area (Å²) in [6, 6.07) is 0. The van der Waals surface area contributed by atoms with E-state index in [1.807, 2.05) is 47.6 Å². The second-order valence-electron chi connectivity index (χ2n) is 7.41. The molecule has 0 aliphatic carbocycles. The third-order valence-electron chi connectivity index (χ3n) is 2.63. The van der Waals surface area contributed by atoms with Crippen LogP contribution in [-0.2, 0) is 4.74 Å². The minimum atomic E-state index is -0.397. The highest BCUT2D eigenvalue weighted by Crippen LogP contribution is 2.21. The maximum Gasteiger partial charge on any atom is 0.407 e. The molecule has 0 aromatic carbocycles. The van der Waals surface area contributed by atoms with E-state index in [1.54, 1.807) is 0 Å². The molecule has 0 aromatic rings. The zero-order valence-electron chi connectivity index (χ0n) is 13.3. The highest BCUT2D eigenvalue weighted by Gasteiger charge is 2.28. The van der Waals surface area contributed by atoms with E-state index in [1.165, 1.54) is 0 Å². The van der Waals surface area contributed by atoms with Crippen LogP contribution in [0.25, 0.3) is 0 Å². The molecule has 0 radical (unpaired) electrons. The van der Waals surface area contributed by atoms with Crippen molar-refractivity contribution in [2.24, 2.45) is 11.1 Å². The molecule has 0 fully saturated rings. The van der Waals surface area contributed by atoms with Gasteiger partial charge in [0.1, 0.15) is 0 Å². The van der Waals surface area contributed by atoms with E-state index in [0.717, 1.165) is 6.42 Å². The molecule has 0 heterocycles. The first-order valence-electron chi connectivity index (χ1n) is 6.72. The predicted molar refractivity (Wildman–Crippen MR) is 80.0 cm³/mol. The van der Waals surface area contributed by atoms with Gasteiger partial charge in [0.25, 0.3) is 0 Å². The number of amides is 1. The highest BCUT2D eigenvalue weighted by atomic mass is 16.5. The summed E-state index contributed by atoms with van der Waals surface area (Å²) in [5.74, 6) is 0. The lowest BCUT2D eigenvalue weighted by molar-refractivity contribution is 0.0909. The summed E-state index contributed by atoms with van der Waals surface area (Å²) in [6.07, 6.45) is 2.92. The van der Waals surface area contributed by atoms with Crippen molar-refractivity contribution in [3.63, 3.8) is 0 Å². The molecule has 1 amide bonds. The van der Waals surface area contributed by atoms with Crippen molar-refractivity contribution < 1.29 is 9.53 Å². The first-order valence-corrected chi connectivity index (χ1v) is 6.72. The number of nitrogens with two attached hydrogens (primary N) is 1. The summed E-state index contributed by atoms with van der Waals surface area (Å²) in [5, 5.41) is 2.86. The van der Waals surface area contributed by atoms with Crippen molar-refractivity contribution in [3.05, 3.63) is 12.7 Å². The summed E-state index contributed by atoms with van der Waals surface area (Å²) in [5.41, 5.74) is 5.16. The fourth-order valence-corrected chi connectivity index (χ4v) is 2.21. The van der Waals surface area contributed by atoms with E-state index in [4.69, 9.17) is 10.5 Å². The number of ether oxygens (including phenoxy) is 1. The van der Waals surface area contributed by atoms with Gasteiger partial charge in [-0.15, -0.1) is 6.58 Å². The number of hydrogen-bond donors (Lipinski definition) is 2. The smallest absolute Gasteiger partial charge is 0.407 e. The zero-order valence-corrected chi connectivity index (χ0v) is 13.3. The van der Waals surface area contributed by atoms with E-state index in [2.05, 4.69) is 11.9 Å². The van der Waals surface area contributed by atoms with Crippen molar-refractivity contribution >= 4 is 6.09 Å². The number of carbonyl (C=O) groups excluding carboxylic acids is 1. The average Bonchev–Trinajstić information content (AvgIpc) is 2.09. The van der Waals surface area contributed by atoms with Crippen molar-refractivity contribution in [2.45, 2.75) is 65.5 Å². The molecular weight excluding hydrogens is 240 g/mol. The van der Waals surface area contributed by atoms with Crippen LogP contribution in [0.5, 0.6) is 0 Å². The largest absolute Gasteiger partial charge is 0.449 e. The molecule has 0 spiro atoms. The van der Waals surface area contributed by atoms with Gasteiger partial charge in [0.15, 0.2) is 0 Å². The molecule has 19 heavy (non-hydrogen) atoms. The third kappa shape index (κ3) is 9.54. The van der Waals surface area contributed by atoms with Gasteiger partial charge in [0.2, 0.25) is 0 Å². The van der Waals surface area contributed by atoms with E-state index in [0.29, 0.717) is 13.0 Å². The molecule has 0 unspecified atom stereocenters. The Morgan fingerprint density at radius 3 is 2.21 bits per heavy atom. The number of allylic oxidation sites excluding steroid dienone is 1. The Balaban J connectivity index is 4.28. The van der Waals surface area contributed by atoms with Crippen LogP contribution in [0.15, 0.2) is 12.7 Å².